The lowest BCUT2D eigenvalue weighted by molar-refractivity contribution is 0.953. The van der Waals surface area contributed by atoms with Gasteiger partial charge in [-0.1, -0.05) is 394 Å². The molecule has 0 spiro atoms. The number of rotatable bonds is 11. The maximum Gasteiger partial charge on any atom is 0.238 e. The van der Waals surface area contributed by atoms with Gasteiger partial charge in [0.1, 0.15) is 29.1 Å². The second-order valence-electron chi connectivity index (χ2n) is 34.8. The smallest absolute Gasteiger partial charge is 0.238 e. The first-order chi connectivity index (χ1) is 68.6. The molecule has 14 heteroatoms. The van der Waals surface area contributed by atoms with E-state index >= 15 is 0 Å². The molecular formula is C124H78N14. The van der Waals surface area contributed by atoms with E-state index in [2.05, 4.69) is 409 Å². The predicted molar refractivity (Wildman–Crippen MR) is 566 cm³/mol. The molecule has 0 saturated heterocycles. The molecule has 0 bridgehead atoms. The van der Waals surface area contributed by atoms with Crippen LogP contribution in [0.3, 0.4) is 0 Å². The fourth-order valence-corrected chi connectivity index (χ4v) is 21.2. The van der Waals surface area contributed by atoms with Crippen molar-refractivity contribution in [1.82, 2.24) is 66.8 Å². The molecule has 0 amide bonds. The minimum Gasteiger partial charge on any atom is -0.294 e. The van der Waals surface area contributed by atoms with Gasteiger partial charge in [-0.05, 0) is 82.9 Å². The van der Waals surface area contributed by atoms with E-state index in [-0.39, 0.29) is 0 Å². The molecule has 138 heavy (non-hydrogen) atoms. The topological polar surface area (TPSA) is 131 Å². The summed E-state index contributed by atoms with van der Waals surface area (Å²) < 4.78 is 13.9. The Balaban J connectivity index is 0.000000106. The van der Waals surface area contributed by atoms with Crippen LogP contribution in [0, 0.1) is 0 Å². The van der Waals surface area contributed by atoms with E-state index in [1.165, 1.54) is 59.2 Å². The summed E-state index contributed by atoms with van der Waals surface area (Å²) in [6.45, 7) is 0. The highest BCUT2D eigenvalue weighted by atomic mass is 15.2. The standard InChI is InChI=1S/C48H30N6.2C38H24N4/c1-5-17-31(18-6-1)42-44-36-26-14-13-25-35(36)37-29-30-40-41(43(37)54(44)47(49-42)34-23-11-4-12-24-34)38-27-15-16-28-39(38)53(40)48-51-45(32-19-7-2-8-20-32)50-46(52-48)33-21-9-3-10-22-33;1-3-13-25(14-4-1)35-37-29-19-8-7-18-28(29)34-32(42(37)38(40-35)26-15-5-2-6-16-26)23-22-30-27-17-9-10-20-31(27)41(36(30)34)33-21-11-12-24-39-33;1-3-13-25(14-4-1)36-37-28-18-8-7-17-27(28)34-32(42(37)38(40-36)26-15-5-2-6-16-26)23-22-31-35(34)29-19-9-10-20-30(29)41(31)33-21-11-12-24-39-33/h1-30H;2*1-24H. The number of para-hydroxylation sites is 3. The zero-order valence-electron chi connectivity index (χ0n) is 74.3. The Morgan fingerprint density at radius 1 is 0.152 bits per heavy atom. The Morgan fingerprint density at radius 3 is 0.906 bits per heavy atom. The van der Waals surface area contributed by atoms with E-state index in [0.717, 1.165) is 178 Å². The van der Waals surface area contributed by atoms with Crippen LogP contribution in [0.4, 0.5) is 0 Å². The van der Waals surface area contributed by atoms with Crippen LogP contribution in [0.25, 0.3) is 255 Å². The molecule has 0 aliphatic carbocycles. The summed E-state index contributed by atoms with van der Waals surface area (Å²) in [6, 6.07) is 161. The van der Waals surface area contributed by atoms with E-state index in [4.69, 9.17) is 39.9 Å². The minimum atomic E-state index is 0.559. The summed E-state index contributed by atoms with van der Waals surface area (Å²) >= 11 is 0. The van der Waals surface area contributed by atoms with Crippen LogP contribution in [-0.4, -0.2) is 66.8 Å². The van der Waals surface area contributed by atoms with Crippen LogP contribution in [-0.2, 0) is 0 Å². The van der Waals surface area contributed by atoms with Gasteiger partial charge in [-0.2, -0.15) is 9.97 Å². The first-order valence-corrected chi connectivity index (χ1v) is 46.5. The van der Waals surface area contributed by atoms with Crippen molar-refractivity contribution in [3.63, 3.8) is 0 Å². The van der Waals surface area contributed by atoms with E-state index in [0.29, 0.717) is 17.6 Å². The van der Waals surface area contributed by atoms with Gasteiger partial charge in [0, 0.05) is 122 Å². The number of hydrogen-bond donors (Lipinski definition) is 0. The summed E-state index contributed by atoms with van der Waals surface area (Å²) in [4.78, 5) is 41.2. The summed E-state index contributed by atoms with van der Waals surface area (Å²) in [5.41, 5.74) is 24.5. The number of nitrogens with zero attached hydrogens (tertiary/aromatic N) is 14. The Kier molecular flexibility index (Phi) is 18.6. The van der Waals surface area contributed by atoms with Gasteiger partial charge in [-0.25, -0.2) is 29.9 Å². The van der Waals surface area contributed by atoms with Crippen molar-refractivity contribution in [3.05, 3.63) is 473 Å². The van der Waals surface area contributed by atoms with E-state index in [9.17, 15) is 0 Å². The van der Waals surface area contributed by atoms with Gasteiger partial charge in [0.05, 0.1) is 83.3 Å². The number of benzene rings is 17. The highest BCUT2D eigenvalue weighted by Crippen LogP contribution is 2.50. The fraction of sp³-hybridized carbons (Fsp3) is 0. The summed E-state index contributed by atoms with van der Waals surface area (Å²) in [5, 5.41) is 17.7. The zero-order chi connectivity index (χ0) is 90.8. The van der Waals surface area contributed by atoms with Gasteiger partial charge in [-0.15, -0.1) is 0 Å². The van der Waals surface area contributed by atoms with Crippen molar-refractivity contribution in [2.75, 3.05) is 0 Å². The van der Waals surface area contributed by atoms with Crippen LogP contribution < -0.4 is 0 Å². The maximum absolute atomic E-state index is 5.50. The largest absolute Gasteiger partial charge is 0.294 e. The monoisotopic (exact) mass is 1760 g/mol. The molecule has 0 atom stereocenters. The molecule has 0 unspecified atom stereocenters. The predicted octanol–water partition coefficient (Wildman–Crippen LogP) is 30.5. The first kappa shape index (κ1) is 78.9. The molecule has 12 heterocycles. The minimum absolute atomic E-state index is 0.559. The highest BCUT2D eigenvalue weighted by Gasteiger charge is 2.30. The van der Waals surface area contributed by atoms with E-state index in [1.54, 1.807) is 0 Å². The third-order valence-corrected chi connectivity index (χ3v) is 27.0. The van der Waals surface area contributed by atoms with Crippen molar-refractivity contribution in [1.29, 1.82) is 0 Å². The molecular weight excluding hydrogens is 1690 g/mol. The molecule has 29 rings (SSSR count). The second-order valence-corrected chi connectivity index (χ2v) is 34.8. The average molecular weight is 1760 g/mol. The van der Waals surface area contributed by atoms with Crippen LogP contribution in [0.5, 0.6) is 0 Å². The molecule has 644 valence electrons. The van der Waals surface area contributed by atoms with Gasteiger partial charge < -0.3 is 0 Å². The van der Waals surface area contributed by atoms with Crippen LogP contribution in [0.1, 0.15) is 0 Å². The number of hydrogen-bond acceptors (Lipinski definition) is 8. The van der Waals surface area contributed by atoms with Gasteiger partial charge >= 0.3 is 0 Å². The van der Waals surface area contributed by atoms with Crippen molar-refractivity contribution in [2.24, 2.45) is 0 Å². The third-order valence-electron chi connectivity index (χ3n) is 27.0. The van der Waals surface area contributed by atoms with Gasteiger partial charge in [0.15, 0.2) is 11.6 Å². The second kappa shape index (κ2) is 32.5. The lowest BCUT2D eigenvalue weighted by Crippen LogP contribution is -2.06. The van der Waals surface area contributed by atoms with Gasteiger partial charge in [0.25, 0.3) is 0 Å². The highest BCUT2D eigenvalue weighted by molar-refractivity contribution is 6.32. The van der Waals surface area contributed by atoms with Crippen molar-refractivity contribution in [3.8, 4) is 108 Å². The number of imidazole rings is 3. The molecule has 0 N–H and O–H groups in total. The number of pyridine rings is 5. The van der Waals surface area contributed by atoms with Crippen molar-refractivity contribution < 1.29 is 0 Å². The normalized spacial score (nSPS) is 11.8. The molecule has 0 aliphatic heterocycles. The van der Waals surface area contributed by atoms with Crippen LogP contribution in [0.2, 0.25) is 0 Å². The van der Waals surface area contributed by atoms with E-state index in [1.807, 2.05) is 91.3 Å². The SMILES string of the molecule is c1ccc(-c2nc(-c3ccccc3)n3c4ccc5c(c6ccccc6n5-c5ccccn5)c4c4ccccc4c23)cc1.c1ccc(-c2nc(-c3ccccc3)n3c4ccc5c6ccccc6n(-c6ccccn6)c5c4c4ccccc4c23)cc1.c1ccc(-c2nc(-c3ccccc3)nc(-n3c4ccccc4c4c3ccc3c5ccccc5c5c(-c6ccccc6)nc(-c6ccccc6)n5c34)n2)cc1. The lowest BCUT2D eigenvalue weighted by atomic mass is 9.98. The molecule has 12 aromatic heterocycles. The first-order valence-electron chi connectivity index (χ1n) is 46.5. The molecule has 0 fully saturated rings. The fourth-order valence-electron chi connectivity index (χ4n) is 21.2. The number of aromatic nitrogens is 14. The molecule has 17 aromatic carbocycles. The zero-order valence-corrected chi connectivity index (χ0v) is 74.3. The van der Waals surface area contributed by atoms with Crippen molar-refractivity contribution in [2.45, 2.75) is 0 Å². The maximum atomic E-state index is 5.50. The van der Waals surface area contributed by atoms with Crippen LogP contribution in [0.15, 0.2) is 473 Å². The molecule has 14 nitrogen and oxygen atoms in total. The molecule has 0 saturated carbocycles. The third kappa shape index (κ3) is 12.6. The Labute approximate surface area is 790 Å². The molecule has 29 aromatic rings. The summed E-state index contributed by atoms with van der Waals surface area (Å²) in [6.07, 6.45) is 3.73. The molecule has 0 radical (unpaired) electrons. The summed E-state index contributed by atoms with van der Waals surface area (Å²) in [7, 11) is 0. The number of fused-ring (bicyclic) bond motifs is 30. The van der Waals surface area contributed by atoms with Gasteiger partial charge in [-0.3, -0.25) is 26.9 Å². The Morgan fingerprint density at radius 2 is 0.442 bits per heavy atom. The lowest BCUT2D eigenvalue weighted by Gasteiger charge is -2.15. The average Bonchev–Trinajstić information content (AvgIpc) is 1.53. The Hall–Kier alpha value is -18.9. The van der Waals surface area contributed by atoms with Crippen LogP contribution >= 0.6 is 0 Å². The van der Waals surface area contributed by atoms with E-state index < -0.39 is 0 Å². The van der Waals surface area contributed by atoms with Gasteiger partial charge in [0.2, 0.25) is 5.95 Å². The van der Waals surface area contributed by atoms with Crippen molar-refractivity contribution >= 4 is 147 Å². The molecule has 0 aliphatic rings. The quantitative estimate of drug-likeness (QED) is 0.117. The Bertz CT molecular complexity index is 9790. The summed E-state index contributed by atoms with van der Waals surface area (Å²) in [5.74, 6) is 6.37.